The fraction of sp³-hybridized carbons (Fsp3) is 0. The highest BCUT2D eigenvalue weighted by Gasteiger charge is 2.19. The smallest absolute Gasteiger partial charge is 0.0716 e. The molecule has 0 fully saturated rings. The zero-order chi connectivity index (χ0) is 28.3. The van der Waals surface area contributed by atoms with Crippen LogP contribution < -0.4 is 0 Å². The van der Waals surface area contributed by atoms with Crippen LogP contribution in [0.3, 0.4) is 0 Å². The van der Waals surface area contributed by atoms with E-state index in [0.29, 0.717) is 0 Å². The van der Waals surface area contributed by atoms with Crippen molar-refractivity contribution in [3.8, 4) is 28.2 Å². The van der Waals surface area contributed by atoms with Gasteiger partial charge >= 0.3 is 0 Å². The average Bonchev–Trinajstić information content (AvgIpc) is 3.41. The molecule has 9 rings (SSSR count). The molecule has 0 atom stereocenters. The van der Waals surface area contributed by atoms with Gasteiger partial charge in [-0.1, -0.05) is 78.9 Å². The van der Waals surface area contributed by atoms with Gasteiger partial charge in [0.2, 0.25) is 0 Å². The summed E-state index contributed by atoms with van der Waals surface area (Å²) in [6, 6.07) is 46.9. The summed E-state index contributed by atoms with van der Waals surface area (Å²) in [5, 5.41) is 6.96. The molecule has 0 saturated heterocycles. The van der Waals surface area contributed by atoms with Gasteiger partial charge in [0.15, 0.2) is 0 Å². The van der Waals surface area contributed by atoms with Gasteiger partial charge < -0.3 is 4.57 Å². The van der Waals surface area contributed by atoms with E-state index in [4.69, 9.17) is 9.97 Å². The van der Waals surface area contributed by atoms with Crippen LogP contribution in [0, 0.1) is 0 Å². The standard InChI is InChI=1S/C39H24N4/c1-5-13-34-25(8-1)15-18-36(41-34)27-17-20-38-32(22-27)33-23-31(37-19-16-26-9-2-6-14-35(26)42-37)29-11-3-4-12-30(29)39(33)43(38)28-10-7-21-40-24-28/h1-24H. The summed E-state index contributed by atoms with van der Waals surface area (Å²) >= 11 is 0. The molecule has 0 unspecified atom stereocenters. The molecule has 0 N–H and O–H groups in total. The fourth-order valence-electron chi connectivity index (χ4n) is 6.44. The van der Waals surface area contributed by atoms with Crippen LogP contribution >= 0.6 is 0 Å². The first-order chi connectivity index (χ1) is 21.3. The van der Waals surface area contributed by atoms with Crippen molar-refractivity contribution in [3.05, 3.63) is 146 Å². The number of benzene rings is 5. The molecule has 5 aromatic carbocycles. The van der Waals surface area contributed by atoms with E-state index in [1.54, 1.807) is 0 Å². The molecule has 43 heavy (non-hydrogen) atoms. The Bertz CT molecular complexity index is 2510. The van der Waals surface area contributed by atoms with Gasteiger partial charge in [-0.2, -0.15) is 0 Å². The Hall–Kier alpha value is -5.87. The number of nitrogens with zero attached hydrogens (tertiary/aromatic N) is 4. The van der Waals surface area contributed by atoms with E-state index in [1.807, 2.05) is 30.6 Å². The third kappa shape index (κ3) is 3.74. The minimum atomic E-state index is 0.958. The molecule has 0 aliphatic heterocycles. The van der Waals surface area contributed by atoms with Crippen LogP contribution in [0.15, 0.2) is 146 Å². The molecule has 4 aromatic heterocycles. The summed E-state index contributed by atoms with van der Waals surface area (Å²) in [5.74, 6) is 0. The first-order valence-corrected chi connectivity index (χ1v) is 14.4. The second-order valence-corrected chi connectivity index (χ2v) is 10.9. The topological polar surface area (TPSA) is 43.6 Å². The summed E-state index contributed by atoms with van der Waals surface area (Å²) in [6.07, 6.45) is 3.76. The van der Waals surface area contributed by atoms with Crippen molar-refractivity contribution in [3.63, 3.8) is 0 Å². The number of rotatable bonds is 3. The Morgan fingerprint density at radius 1 is 0.488 bits per heavy atom. The molecule has 0 bridgehead atoms. The van der Waals surface area contributed by atoms with E-state index in [-0.39, 0.29) is 0 Å². The normalized spacial score (nSPS) is 11.7. The predicted octanol–water partition coefficient (Wildman–Crippen LogP) is 9.76. The molecule has 4 heterocycles. The van der Waals surface area contributed by atoms with Gasteiger partial charge in [-0.05, 0) is 60.0 Å². The summed E-state index contributed by atoms with van der Waals surface area (Å²) < 4.78 is 2.34. The quantitative estimate of drug-likeness (QED) is 0.221. The van der Waals surface area contributed by atoms with Crippen molar-refractivity contribution in [2.45, 2.75) is 0 Å². The van der Waals surface area contributed by atoms with Crippen LogP contribution in [-0.2, 0) is 0 Å². The van der Waals surface area contributed by atoms with E-state index >= 15 is 0 Å². The second kappa shape index (κ2) is 9.33. The number of pyridine rings is 3. The molecule has 0 aliphatic rings. The van der Waals surface area contributed by atoms with Gasteiger partial charge in [0.1, 0.15) is 0 Å². The van der Waals surface area contributed by atoms with Crippen LogP contribution in [0.25, 0.3) is 82.6 Å². The zero-order valence-corrected chi connectivity index (χ0v) is 23.1. The summed E-state index contributed by atoms with van der Waals surface area (Å²) in [6.45, 7) is 0. The third-order valence-electron chi connectivity index (χ3n) is 8.44. The van der Waals surface area contributed by atoms with Gasteiger partial charge in [-0.3, -0.25) is 4.98 Å². The van der Waals surface area contributed by atoms with Crippen LogP contribution in [0.4, 0.5) is 0 Å². The van der Waals surface area contributed by atoms with Crippen LogP contribution in [0.5, 0.6) is 0 Å². The highest BCUT2D eigenvalue weighted by atomic mass is 15.0. The largest absolute Gasteiger partial charge is 0.307 e. The van der Waals surface area contributed by atoms with Crippen molar-refractivity contribution >= 4 is 54.4 Å². The first-order valence-electron chi connectivity index (χ1n) is 14.4. The second-order valence-electron chi connectivity index (χ2n) is 10.9. The maximum atomic E-state index is 5.11. The lowest BCUT2D eigenvalue weighted by Gasteiger charge is -2.12. The Balaban J connectivity index is 1.39. The van der Waals surface area contributed by atoms with E-state index in [9.17, 15) is 0 Å². The van der Waals surface area contributed by atoms with E-state index < -0.39 is 0 Å². The Morgan fingerprint density at radius 3 is 1.95 bits per heavy atom. The summed E-state index contributed by atoms with van der Waals surface area (Å²) in [7, 11) is 0. The highest BCUT2D eigenvalue weighted by molar-refractivity contribution is 6.22. The Labute approximate surface area is 247 Å². The SMILES string of the molecule is c1cncc(-n2c3ccc(-c4ccc5ccccc5n4)cc3c3cc(-c4ccc5ccccc5n4)c4ccccc4c32)c1. The van der Waals surface area contributed by atoms with Gasteiger partial charge in [0.05, 0.1) is 45.3 Å². The number of fused-ring (bicyclic) bond motifs is 7. The van der Waals surface area contributed by atoms with Gasteiger partial charge in [0, 0.05) is 44.3 Å². The minimum absolute atomic E-state index is 0.958. The molecule has 9 aromatic rings. The molecule has 0 radical (unpaired) electrons. The number of para-hydroxylation sites is 2. The van der Waals surface area contributed by atoms with Crippen molar-refractivity contribution in [2.75, 3.05) is 0 Å². The Kier molecular flexibility index (Phi) is 5.16. The van der Waals surface area contributed by atoms with Crippen molar-refractivity contribution in [2.24, 2.45) is 0 Å². The summed E-state index contributed by atoms with van der Waals surface area (Å²) in [5.41, 5.74) is 9.43. The molecule has 0 aliphatic carbocycles. The van der Waals surface area contributed by atoms with E-state index in [2.05, 4.69) is 125 Å². The van der Waals surface area contributed by atoms with Gasteiger partial charge in [0.25, 0.3) is 0 Å². The third-order valence-corrected chi connectivity index (χ3v) is 8.44. The van der Waals surface area contributed by atoms with Crippen molar-refractivity contribution < 1.29 is 0 Å². The molecular weight excluding hydrogens is 524 g/mol. The van der Waals surface area contributed by atoms with Crippen molar-refractivity contribution in [1.82, 2.24) is 19.5 Å². The predicted molar refractivity (Wildman–Crippen MR) is 178 cm³/mol. The van der Waals surface area contributed by atoms with Crippen LogP contribution in [-0.4, -0.2) is 19.5 Å². The lowest BCUT2D eigenvalue weighted by Crippen LogP contribution is -1.96. The number of aromatic nitrogens is 4. The molecule has 0 spiro atoms. The van der Waals surface area contributed by atoms with Gasteiger partial charge in [-0.15, -0.1) is 0 Å². The maximum Gasteiger partial charge on any atom is 0.0716 e. The zero-order valence-electron chi connectivity index (χ0n) is 23.1. The molecule has 200 valence electrons. The molecule has 0 amide bonds. The molecule has 4 heteroatoms. The highest BCUT2D eigenvalue weighted by Crippen LogP contribution is 2.42. The first kappa shape index (κ1) is 23.8. The van der Waals surface area contributed by atoms with E-state index in [0.717, 1.165) is 61.0 Å². The van der Waals surface area contributed by atoms with E-state index in [1.165, 1.54) is 21.5 Å². The maximum absolute atomic E-state index is 5.11. The lowest BCUT2D eigenvalue weighted by molar-refractivity contribution is 1.14. The number of hydrogen-bond acceptors (Lipinski definition) is 3. The lowest BCUT2D eigenvalue weighted by atomic mass is 9.97. The number of hydrogen-bond donors (Lipinski definition) is 0. The molecular formula is C39H24N4. The van der Waals surface area contributed by atoms with Crippen LogP contribution in [0.1, 0.15) is 0 Å². The van der Waals surface area contributed by atoms with Gasteiger partial charge in [-0.25, -0.2) is 9.97 Å². The molecule has 0 saturated carbocycles. The molecule has 4 nitrogen and oxygen atoms in total. The average molecular weight is 549 g/mol. The monoisotopic (exact) mass is 548 g/mol. The fourth-order valence-corrected chi connectivity index (χ4v) is 6.44. The van der Waals surface area contributed by atoms with Crippen LogP contribution in [0.2, 0.25) is 0 Å². The summed E-state index contributed by atoms with van der Waals surface area (Å²) in [4.78, 5) is 14.6. The van der Waals surface area contributed by atoms with Crippen molar-refractivity contribution in [1.29, 1.82) is 0 Å². The Morgan fingerprint density at radius 2 is 1.19 bits per heavy atom. The minimum Gasteiger partial charge on any atom is -0.307 e.